The molecule has 0 aromatic heterocycles. The molecule has 34 heavy (non-hydrogen) atoms. The minimum Gasteiger partial charge on any atom is -0.393 e. The Morgan fingerprint density at radius 2 is 1.74 bits per heavy atom. The first-order valence-electron chi connectivity index (χ1n) is 13.0. The summed E-state index contributed by atoms with van der Waals surface area (Å²) in [5.41, 5.74) is -2.75. The average Bonchev–Trinajstić information content (AvgIpc) is 3.00. The smallest absolute Gasteiger partial charge is 0.159 e. The van der Waals surface area contributed by atoms with Gasteiger partial charge in [0.1, 0.15) is 0 Å². The Kier molecular flexibility index (Phi) is 6.45. The first-order chi connectivity index (χ1) is 15.6. The third-order valence-corrected chi connectivity index (χ3v) is 10.7. The maximum Gasteiger partial charge on any atom is 0.159 e. The first-order valence-corrected chi connectivity index (χ1v) is 13.0. The minimum atomic E-state index is -1.31. The summed E-state index contributed by atoms with van der Waals surface area (Å²) < 4.78 is 0. The number of rotatable bonds is 5. The molecule has 0 amide bonds. The summed E-state index contributed by atoms with van der Waals surface area (Å²) in [7, 11) is 0. The van der Waals surface area contributed by atoms with Crippen molar-refractivity contribution in [2.45, 2.75) is 115 Å². The van der Waals surface area contributed by atoms with Crippen molar-refractivity contribution in [3.05, 3.63) is 11.6 Å². The van der Waals surface area contributed by atoms with E-state index in [1.54, 1.807) is 6.08 Å². The highest BCUT2D eigenvalue weighted by atomic mass is 16.3. The van der Waals surface area contributed by atoms with Crippen molar-refractivity contribution in [2.24, 2.45) is 34.5 Å². The molecule has 194 valence electrons. The number of hydrogen-bond donors (Lipinski definition) is 6. The van der Waals surface area contributed by atoms with Gasteiger partial charge in [0.2, 0.25) is 0 Å². The van der Waals surface area contributed by atoms with Gasteiger partial charge in [-0.3, -0.25) is 4.79 Å². The molecular formula is C27H44O7. The zero-order chi connectivity index (χ0) is 25.4. The van der Waals surface area contributed by atoms with Gasteiger partial charge < -0.3 is 30.6 Å². The van der Waals surface area contributed by atoms with Gasteiger partial charge in [0.05, 0.1) is 35.6 Å². The van der Waals surface area contributed by atoms with Crippen LogP contribution >= 0.6 is 0 Å². The highest BCUT2D eigenvalue weighted by Crippen LogP contribution is 2.68. The van der Waals surface area contributed by atoms with E-state index in [-0.39, 0.29) is 42.3 Å². The van der Waals surface area contributed by atoms with Crippen LogP contribution < -0.4 is 0 Å². The molecule has 0 aromatic rings. The van der Waals surface area contributed by atoms with Gasteiger partial charge in [0.25, 0.3) is 0 Å². The van der Waals surface area contributed by atoms with Gasteiger partial charge in [-0.1, -0.05) is 20.8 Å². The van der Waals surface area contributed by atoms with Crippen molar-refractivity contribution in [1.82, 2.24) is 0 Å². The van der Waals surface area contributed by atoms with E-state index in [0.717, 1.165) is 18.4 Å². The molecule has 4 rings (SSSR count). The Morgan fingerprint density at radius 1 is 1.09 bits per heavy atom. The van der Waals surface area contributed by atoms with Gasteiger partial charge in [0, 0.05) is 17.8 Å². The molecule has 6 N–H and O–H groups in total. The molecule has 0 bridgehead atoms. The molecule has 7 heteroatoms. The van der Waals surface area contributed by atoms with E-state index in [4.69, 9.17) is 0 Å². The summed E-state index contributed by atoms with van der Waals surface area (Å²) in [6, 6.07) is 0. The Labute approximate surface area is 202 Å². The number of aliphatic hydroxyl groups is 6. The Hall–Kier alpha value is -0.830. The van der Waals surface area contributed by atoms with Crippen molar-refractivity contribution in [2.75, 3.05) is 0 Å². The van der Waals surface area contributed by atoms with Crippen LogP contribution in [0.3, 0.4) is 0 Å². The molecule has 0 radical (unpaired) electrons. The van der Waals surface area contributed by atoms with E-state index in [1.165, 1.54) is 13.8 Å². The average molecular weight is 481 g/mol. The lowest BCUT2D eigenvalue weighted by molar-refractivity contribution is -0.155. The van der Waals surface area contributed by atoms with Crippen LogP contribution in [-0.4, -0.2) is 72.0 Å². The second-order valence-corrected chi connectivity index (χ2v) is 13.0. The second kappa shape index (κ2) is 8.35. The summed E-state index contributed by atoms with van der Waals surface area (Å²) in [6.07, 6.45) is 1.34. The molecule has 3 saturated carbocycles. The van der Waals surface area contributed by atoms with Crippen molar-refractivity contribution in [1.29, 1.82) is 0 Å². The fourth-order valence-electron chi connectivity index (χ4n) is 8.25. The number of fused-ring (bicyclic) bond motifs is 5. The van der Waals surface area contributed by atoms with Gasteiger partial charge in [0.15, 0.2) is 5.78 Å². The molecule has 0 aliphatic heterocycles. The van der Waals surface area contributed by atoms with Gasteiger partial charge >= 0.3 is 0 Å². The number of allylic oxidation sites excluding steroid dienone is 1. The molecule has 11 atom stereocenters. The maximum absolute atomic E-state index is 13.2. The quantitative estimate of drug-likeness (QED) is 0.352. The lowest BCUT2D eigenvalue weighted by Crippen LogP contribution is -2.61. The van der Waals surface area contributed by atoms with Crippen LogP contribution in [0.25, 0.3) is 0 Å². The summed E-state index contributed by atoms with van der Waals surface area (Å²) in [4.78, 5) is 13.2. The Bertz CT molecular complexity index is 848. The Morgan fingerprint density at radius 3 is 2.35 bits per heavy atom. The fourth-order valence-corrected chi connectivity index (χ4v) is 8.25. The summed E-state index contributed by atoms with van der Waals surface area (Å²) in [5, 5.41) is 64.2. The maximum atomic E-state index is 13.2. The lowest BCUT2D eigenvalue weighted by atomic mass is 9.46. The van der Waals surface area contributed by atoms with Crippen LogP contribution in [0.5, 0.6) is 0 Å². The van der Waals surface area contributed by atoms with E-state index in [9.17, 15) is 35.4 Å². The number of carbonyl (C=O) groups excluding carboxylic acids is 1. The zero-order valence-electron chi connectivity index (χ0n) is 21.2. The molecule has 4 aliphatic rings. The molecular weight excluding hydrogens is 436 g/mol. The lowest BCUT2D eigenvalue weighted by Gasteiger charge is -2.60. The van der Waals surface area contributed by atoms with Crippen molar-refractivity contribution < 1.29 is 35.4 Å². The number of aliphatic hydroxyl groups excluding tert-OH is 4. The van der Waals surface area contributed by atoms with Crippen molar-refractivity contribution >= 4 is 5.78 Å². The number of carbonyl (C=O) groups is 1. The third kappa shape index (κ3) is 3.73. The predicted molar refractivity (Wildman–Crippen MR) is 127 cm³/mol. The summed E-state index contributed by atoms with van der Waals surface area (Å²) in [5.74, 6) is -0.673. The molecule has 0 aromatic carbocycles. The predicted octanol–water partition coefficient (Wildman–Crippen LogP) is 1.71. The van der Waals surface area contributed by atoms with Crippen LogP contribution in [0.2, 0.25) is 0 Å². The third-order valence-electron chi connectivity index (χ3n) is 10.7. The monoisotopic (exact) mass is 480 g/mol. The molecule has 3 fully saturated rings. The second-order valence-electron chi connectivity index (χ2n) is 13.0. The summed E-state index contributed by atoms with van der Waals surface area (Å²) >= 11 is 0. The van der Waals surface area contributed by atoms with Crippen LogP contribution in [0.1, 0.15) is 79.6 Å². The van der Waals surface area contributed by atoms with E-state index in [1.807, 2.05) is 13.8 Å². The van der Waals surface area contributed by atoms with E-state index in [0.29, 0.717) is 19.3 Å². The van der Waals surface area contributed by atoms with E-state index in [2.05, 4.69) is 6.92 Å². The van der Waals surface area contributed by atoms with Crippen molar-refractivity contribution in [3.8, 4) is 0 Å². The van der Waals surface area contributed by atoms with E-state index < -0.39 is 46.4 Å². The van der Waals surface area contributed by atoms with Gasteiger partial charge in [-0.15, -0.1) is 0 Å². The molecule has 7 nitrogen and oxygen atoms in total. The molecule has 3 unspecified atom stereocenters. The normalized spacial score (nSPS) is 47.2. The zero-order valence-corrected chi connectivity index (χ0v) is 21.2. The highest BCUT2D eigenvalue weighted by Gasteiger charge is 2.67. The van der Waals surface area contributed by atoms with Gasteiger partial charge in [-0.2, -0.15) is 0 Å². The molecule has 4 aliphatic carbocycles. The largest absolute Gasteiger partial charge is 0.393 e. The van der Waals surface area contributed by atoms with E-state index >= 15 is 0 Å². The number of ketones is 1. The standard InChI is InChI=1S/C27H44O7/c1-14(19(28)12-23(32)24(2,3)33)15-7-9-27(34)17-10-20(29)18-11-21(30)22(31)13-25(18,4)16(17)6-8-26(15,27)5/h10,14-16,18-19,21-23,28,30-34H,6-9,11-13H2,1-5H3/t14?,15-,16?,18+,19-,21-,22+,23?,25-,26-,27-/m1/s1. The molecule has 0 heterocycles. The van der Waals surface area contributed by atoms with Gasteiger partial charge in [-0.25, -0.2) is 0 Å². The highest BCUT2D eigenvalue weighted by molar-refractivity contribution is 5.95. The molecule has 0 spiro atoms. The number of hydrogen-bond acceptors (Lipinski definition) is 7. The van der Waals surface area contributed by atoms with Crippen molar-refractivity contribution in [3.63, 3.8) is 0 Å². The fraction of sp³-hybridized carbons (Fsp3) is 0.889. The summed E-state index contributed by atoms with van der Waals surface area (Å²) in [6.45, 7) is 9.09. The van der Waals surface area contributed by atoms with Crippen LogP contribution in [0.4, 0.5) is 0 Å². The van der Waals surface area contributed by atoms with Gasteiger partial charge in [-0.05, 0) is 87.2 Å². The SMILES string of the molecule is CC([C@H](O)CC(O)C(C)(C)O)[C@H]1CC[C@@]2(O)C3=CC(=O)[C@@H]4C[C@@H](O)[C@@H](O)C[C@]4(C)C3CC[C@]12C. The van der Waals surface area contributed by atoms with Crippen LogP contribution in [0, 0.1) is 34.5 Å². The Balaban J connectivity index is 1.63. The first kappa shape index (κ1) is 26.2. The topological polar surface area (TPSA) is 138 Å². The minimum absolute atomic E-state index is 0.0113. The van der Waals surface area contributed by atoms with Crippen LogP contribution in [-0.2, 0) is 4.79 Å². The van der Waals surface area contributed by atoms with Crippen LogP contribution in [0.15, 0.2) is 11.6 Å². The molecule has 0 saturated heterocycles.